The molecule has 1 aliphatic rings. The van der Waals surface area contributed by atoms with Gasteiger partial charge in [-0.1, -0.05) is 6.58 Å². The maximum Gasteiger partial charge on any atom is 0.0916 e. The molecule has 1 unspecified atom stereocenters. The Bertz CT molecular complexity index is 135. The summed E-state index contributed by atoms with van der Waals surface area (Å²) in [6.07, 6.45) is 1.69. The molecule has 0 bridgehead atoms. The van der Waals surface area contributed by atoms with Crippen LogP contribution in [0.25, 0.3) is 0 Å². The summed E-state index contributed by atoms with van der Waals surface area (Å²) < 4.78 is 12.4. The van der Waals surface area contributed by atoms with Gasteiger partial charge in [-0.25, -0.2) is 8.51 Å². The minimum Gasteiger partial charge on any atom is -0.243 e. The minimum atomic E-state index is -0.772. The van der Waals surface area contributed by atoms with Crippen molar-refractivity contribution in [2.75, 3.05) is 19.3 Å². The molecule has 1 fully saturated rings. The molecule has 0 saturated carbocycles. The van der Waals surface area contributed by atoms with Gasteiger partial charge in [-0.05, 0) is 5.57 Å². The Morgan fingerprint density at radius 3 is 2.38 bits per heavy atom. The van der Waals surface area contributed by atoms with Crippen molar-refractivity contribution in [2.45, 2.75) is 0 Å². The highest BCUT2D eigenvalue weighted by molar-refractivity contribution is 7.81. The SMILES string of the molecule is C=C1CN(S(C)=O)C1. The first-order chi connectivity index (χ1) is 3.70. The monoisotopic (exact) mass is 131 g/mol. The molecule has 0 aliphatic carbocycles. The van der Waals surface area contributed by atoms with E-state index >= 15 is 0 Å². The molecule has 0 aromatic carbocycles. The summed E-state index contributed by atoms with van der Waals surface area (Å²) in [6, 6.07) is 0. The molecule has 0 aromatic rings. The van der Waals surface area contributed by atoms with Crippen molar-refractivity contribution in [1.82, 2.24) is 4.31 Å². The van der Waals surface area contributed by atoms with Crippen LogP contribution in [0, 0.1) is 0 Å². The van der Waals surface area contributed by atoms with Gasteiger partial charge in [0, 0.05) is 19.3 Å². The molecule has 0 N–H and O–H groups in total. The molecule has 1 saturated heterocycles. The topological polar surface area (TPSA) is 20.3 Å². The van der Waals surface area contributed by atoms with Crippen molar-refractivity contribution in [1.29, 1.82) is 0 Å². The Balaban J connectivity index is 2.35. The van der Waals surface area contributed by atoms with Crippen LogP contribution in [0.2, 0.25) is 0 Å². The van der Waals surface area contributed by atoms with Gasteiger partial charge >= 0.3 is 0 Å². The highest BCUT2D eigenvalue weighted by Gasteiger charge is 2.20. The van der Waals surface area contributed by atoms with E-state index in [0.29, 0.717) is 0 Å². The van der Waals surface area contributed by atoms with Crippen LogP contribution in [0.3, 0.4) is 0 Å². The van der Waals surface area contributed by atoms with Crippen molar-refractivity contribution in [3.05, 3.63) is 12.2 Å². The molecule has 46 valence electrons. The fourth-order valence-electron chi connectivity index (χ4n) is 0.634. The summed E-state index contributed by atoms with van der Waals surface area (Å²) in [4.78, 5) is 0. The standard InChI is InChI=1S/C5H9NOS/c1-5-3-6(4-5)8(2)7/h1,3-4H2,2H3. The van der Waals surface area contributed by atoms with Crippen LogP contribution < -0.4 is 0 Å². The van der Waals surface area contributed by atoms with Gasteiger partial charge in [-0.2, -0.15) is 0 Å². The van der Waals surface area contributed by atoms with E-state index in [1.807, 2.05) is 4.31 Å². The van der Waals surface area contributed by atoms with Crippen molar-refractivity contribution in [3.8, 4) is 0 Å². The second kappa shape index (κ2) is 1.99. The highest BCUT2D eigenvalue weighted by Crippen LogP contribution is 2.12. The van der Waals surface area contributed by atoms with Gasteiger partial charge in [0.15, 0.2) is 0 Å². The van der Waals surface area contributed by atoms with Crippen molar-refractivity contribution in [2.24, 2.45) is 0 Å². The van der Waals surface area contributed by atoms with E-state index in [9.17, 15) is 4.21 Å². The first kappa shape index (κ1) is 5.98. The number of rotatable bonds is 1. The number of hydrogen-bond donors (Lipinski definition) is 0. The molecule has 0 radical (unpaired) electrons. The van der Waals surface area contributed by atoms with Crippen molar-refractivity contribution >= 4 is 11.0 Å². The normalized spacial score (nSPS) is 24.9. The third-order valence-electron chi connectivity index (χ3n) is 1.16. The predicted molar refractivity (Wildman–Crippen MR) is 34.8 cm³/mol. The van der Waals surface area contributed by atoms with E-state index in [-0.39, 0.29) is 0 Å². The largest absolute Gasteiger partial charge is 0.243 e. The summed E-state index contributed by atoms with van der Waals surface area (Å²) in [6.45, 7) is 5.36. The average Bonchev–Trinajstić information content (AvgIpc) is 1.57. The zero-order valence-electron chi connectivity index (χ0n) is 4.89. The summed E-state index contributed by atoms with van der Waals surface area (Å²) in [5.74, 6) is 0. The lowest BCUT2D eigenvalue weighted by Gasteiger charge is -2.29. The lowest BCUT2D eigenvalue weighted by Crippen LogP contribution is -2.40. The first-order valence-electron chi connectivity index (χ1n) is 2.45. The fraction of sp³-hybridized carbons (Fsp3) is 0.600. The summed E-state index contributed by atoms with van der Waals surface area (Å²) >= 11 is 0. The van der Waals surface area contributed by atoms with E-state index in [1.54, 1.807) is 6.26 Å². The number of hydrogen-bond acceptors (Lipinski definition) is 1. The van der Waals surface area contributed by atoms with Crippen LogP contribution in [0.1, 0.15) is 0 Å². The van der Waals surface area contributed by atoms with Crippen LogP contribution in [0.4, 0.5) is 0 Å². The molecule has 1 aliphatic heterocycles. The van der Waals surface area contributed by atoms with Gasteiger partial charge in [0.05, 0.1) is 11.0 Å². The molecule has 3 heteroatoms. The van der Waals surface area contributed by atoms with Crippen LogP contribution >= 0.6 is 0 Å². The Labute approximate surface area is 51.8 Å². The smallest absolute Gasteiger partial charge is 0.0916 e. The molecular weight excluding hydrogens is 122 g/mol. The third-order valence-corrected chi connectivity index (χ3v) is 2.15. The van der Waals surface area contributed by atoms with E-state index in [1.165, 1.54) is 5.57 Å². The molecular formula is C5H9NOS. The van der Waals surface area contributed by atoms with E-state index in [0.717, 1.165) is 13.1 Å². The Morgan fingerprint density at radius 1 is 1.75 bits per heavy atom. The molecule has 0 aromatic heterocycles. The van der Waals surface area contributed by atoms with Gasteiger partial charge < -0.3 is 0 Å². The van der Waals surface area contributed by atoms with E-state index < -0.39 is 11.0 Å². The third kappa shape index (κ3) is 0.980. The van der Waals surface area contributed by atoms with Crippen LogP contribution in [-0.4, -0.2) is 27.9 Å². The van der Waals surface area contributed by atoms with Gasteiger partial charge in [-0.15, -0.1) is 0 Å². The second-order valence-corrected chi connectivity index (χ2v) is 3.34. The molecule has 1 heterocycles. The first-order valence-corrected chi connectivity index (χ1v) is 3.97. The highest BCUT2D eigenvalue weighted by atomic mass is 32.2. The summed E-state index contributed by atoms with van der Waals surface area (Å²) in [7, 11) is -0.772. The second-order valence-electron chi connectivity index (χ2n) is 1.97. The number of nitrogens with zero attached hydrogens (tertiary/aromatic N) is 1. The molecule has 0 spiro atoms. The van der Waals surface area contributed by atoms with Gasteiger partial charge in [0.1, 0.15) is 0 Å². The lowest BCUT2D eigenvalue weighted by atomic mass is 10.2. The van der Waals surface area contributed by atoms with Crippen molar-refractivity contribution < 1.29 is 4.21 Å². The predicted octanol–water partition coefficient (Wildman–Crippen LogP) is 0.152. The summed E-state index contributed by atoms with van der Waals surface area (Å²) in [5.41, 5.74) is 1.18. The molecule has 1 rings (SSSR count). The summed E-state index contributed by atoms with van der Waals surface area (Å²) in [5, 5.41) is 0. The fourth-order valence-corrected chi connectivity index (χ4v) is 1.36. The lowest BCUT2D eigenvalue weighted by molar-refractivity contribution is 0.427. The van der Waals surface area contributed by atoms with Crippen molar-refractivity contribution in [3.63, 3.8) is 0 Å². The van der Waals surface area contributed by atoms with Gasteiger partial charge in [-0.3, -0.25) is 0 Å². The molecule has 8 heavy (non-hydrogen) atoms. The molecule has 1 atom stereocenters. The molecule has 2 nitrogen and oxygen atoms in total. The maximum atomic E-state index is 10.6. The Morgan fingerprint density at radius 2 is 2.25 bits per heavy atom. The minimum absolute atomic E-state index is 0.772. The Hall–Kier alpha value is -0.150. The molecule has 0 amide bonds. The van der Waals surface area contributed by atoms with Gasteiger partial charge in [0.25, 0.3) is 0 Å². The van der Waals surface area contributed by atoms with Crippen LogP contribution in [0.5, 0.6) is 0 Å². The van der Waals surface area contributed by atoms with E-state index in [4.69, 9.17) is 0 Å². The van der Waals surface area contributed by atoms with Crippen LogP contribution in [0.15, 0.2) is 12.2 Å². The van der Waals surface area contributed by atoms with E-state index in [2.05, 4.69) is 6.58 Å². The maximum absolute atomic E-state index is 10.6. The quantitative estimate of drug-likeness (QED) is 0.464. The van der Waals surface area contributed by atoms with Gasteiger partial charge in [0.2, 0.25) is 0 Å². The zero-order valence-corrected chi connectivity index (χ0v) is 5.70. The average molecular weight is 131 g/mol. The van der Waals surface area contributed by atoms with Crippen LogP contribution in [-0.2, 0) is 11.0 Å². The Kier molecular flexibility index (Phi) is 1.49. The zero-order chi connectivity index (χ0) is 6.15.